The van der Waals surface area contributed by atoms with Crippen LogP contribution in [0.5, 0.6) is 5.75 Å². The number of nitrogens with one attached hydrogen (secondary N) is 1. The number of nitro benzene ring substituents is 1. The van der Waals surface area contributed by atoms with Crippen molar-refractivity contribution in [2.75, 3.05) is 5.32 Å². The van der Waals surface area contributed by atoms with Crippen LogP contribution in [-0.2, 0) is 0 Å². The normalized spacial score (nSPS) is 10.8. The Labute approximate surface area is 228 Å². The molecular weight excluding hydrogens is 506 g/mol. The van der Waals surface area contributed by atoms with Crippen molar-refractivity contribution in [1.82, 2.24) is 25.0 Å². The summed E-state index contributed by atoms with van der Waals surface area (Å²) in [5, 5.41) is 38.2. The van der Waals surface area contributed by atoms with Crippen LogP contribution in [-0.4, -0.2) is 35.0 Å². The van der Waals surface area contributed by atoms with Crippen LogP contribution in [0.1, 0.15) is 0 Å². The predicted octanol–water partition coefficient (Wildman–Crippen LogP) is 6.42. The number of nitro groups is 1. The van der Waals surface area contributed by atoms with Crippen LogP contribution in [0.25, 0.3) is 39.7 Å². The van der Waals surface area contributed by atoms with Gasteiger partial charge in [-0.1, -0.05) is 91.0 Å². The molecule has 2 N–H and O–H groups in total. The number of benzene rings is 4. The Morgan fingerprint density at radius 1 is 0.725 bits per heavy atom. The molecule has 0 aliphatic carbocycles. The van der Waals surface area contributed by atoms with Gasteiger partial charge in [-0.3, -0.25) is 10.1 Å². The maximum atomic E-state index is 11.1. The fourth-order valence-corrected chi connectivity index (χ4v) is 4.28. The van der Waals surface area contributed by atoms with Gasteiger partial charge in [-0.2, -0.15) is 4.68 Å². The average Bonchev–Trinajstić information content (AvgIpc) is 3.43. The maximum Gasteiger partial charge on any atom is 0.273 e. The molecule has 0 fully saturated rings. The molecule has 0 aliphatic heterocycles. The summed E-state index contributed by atoms with van der Waals surface area (Å²) >= 11 is 0. The van der Waals surface area contributed by atoms with Gasteiger partial charge in [0.1, 0.15) is 17.1 Å². The molecule has 0 saturated heterocycles. The molecular formula is C30H21N7O3. The SMILES string of the molecule is O=[N+]([O-])c1ccc(Nc2cc(-c3ccccc3)n(-c3nnc(-c4ccccc4)c(-c4ccccc4)n3)n2)c(O)c1. The van der Waals surface area contributed by atoms with Crippen LogP contribution in [0.2, 0.25) is 0 Å². The minimum absolute atomic E-state index is 0.218. The summed E-state index contributed by atoms with van der Waals surface area (Å²) in [6.07, 6.45) is 0. The number of hydrogen-bond donors (Lipinski definition) is 2. The quantitative estimate of drug-likeness (QED) is 0.138. The van der Waals surface area contributed by atoms with Crippen molar-refractivity contribution in [3.8, 4) is 45.5 Å². The van der Waals surface area contributed by atoms with Gasteiger partial charge in [0.25, 0.3) is 11.6 Å². The third-order valence-electron chi connectivity index (χ3n) is 6.19. The van der Waals surface area contributed by atoms with E-state index in [0.717, 1.165) is 22.8 Å². The van der Waals surface area contributed by atoms with E-state index < -0.39 is 4.92 Å². The topological polar surface area (TPSA) is 132 Å². The van der Waals surface area contributed by atoms with E-state index >= 15 is 0 Å². The van der Waals surface area contributed by atoms with Gasteiger partial charge in [-0.25, -0.2) is 4.98 Å². The average molecular weight is 528 g/mol. The molecule has 6 aromatic rings. The number of phenols is 1. The molecule has 0 amide bonds. The third kappa shape index (κ3) is 4.84. The van der Waals surface area contributed by atoms with Crippen LogP contribution in [0.3, 0.4) is 0 Å². The minimum Gasteiger partial charge on any atom is -0.506 e. The first-order chi connectivity index (χ1) is 19.6. The van der Waals surface area contributed by atoms with E-state index in [-0.39, 0.29) is 23.1 Å². The summed E-state index contributed by atoms with van der Waals surface area (Å²) in [5.41, 5.74) is 4.62. The molecule has 194 valence electrons. The summed E-state index contributed by atoms with van der Waals surface area (Å²) in [5.74, 6) is 0.347. The van der Waals surface area contributed by atoms with E-state index in [1.165, 1.54) is 12.1 Å². The zero-order valence-electron chi connectivity index (χ0n) is 20.9. The zero-order chi connectivity index (χ0) is 27.5. The Hall–Kier alpha value is -5.90. The van der Waals surface area contributed by atoms with Gasteiger partial charge in [0.15, 0.2) is 5.82 Å². The second-order valence-corrected chi connectivity index (χ2v) is 8.82. The first-order valence-electron chi connectivity index (χ1n) is 12.3. The first kappa shape index (κ1) is 24.4. The van der Waals surface area contributed by atoms with Gasteiger partial charge in [-0.15, -0.1) is 15.3 Å². The third-order valence-corrected chi connectivity index (χ3v) is 6.19. The second kappa shape index (κ2) is 10.5. The Morgan fingerprint density at radius 3 is 1.93 bits per heavy atom. The summed E-state index contributed by atoms with van der Waals surface area (Å²) in [6.45, 7) is 0. The predicted molar refractivity (Wildman–Crippen MR) is 151 cm³/mol. The summed E-state index contributed by atoms with van der Waals surface area (Å²) in [6, 6.07) is 34.7. The zero-order valence-corrected chi connectivity index (χ0v) is 20.9. The maximum absolute atomic E-state index is 11.1. The van der Waals surface area contributed by atoms with Crippen molar-refractivity contribution in [3.05, 3.63) is 125 Å². The molecule has 0 atom stereocenters. The number of nitrogens with zero attached hydrogens (tertiary/aromatic N) is 6. The standard InChI is InChI=1S/C30H21N7O3/c38-26-18-23(37(39)40)16-17-24(26)31-27-19-25(20-10-4-1-5-11-20)36(35-27)30-32-28(21-12-6-2-7-13-21)29(33-34-30)22-14-8-3-9-15-22/h1-19,38H,(H,31,35). The van der Waals surface area contributed by atoms with E-state index in [9.17, 15) is 15.2 Å². The van der Waals surface area contributed by atoms with E-state index in [1.807, 2.05) is 91.0 Å². The highest BCUT2D eigenvalue weighted by atomic mass is 16.6. The van der Waals surface area contributed by atoms with Gasteiger partial charge in [0, 0.05) is 28.8 Å². The van der Waals surface area contributed by atoms with Gasteiger partial charge in [0.2, 0.25) is 0 Å². The Bertz CT molecular complexity index is 1810. The molecule has 40 heavy (non-hydrogen) atoms. The van der Waals surface area contributed by atoms with Gasteiger partial charge in [0.05, 0.1) is 22.4 Å². The van der Waals surface area contributed by atoms with E-state index in [1.54, 1.807) is 10.7 Å². The summed E-state index contributed by atoms with van der Waals surface area (Å²) in [4.78, 5) is 15.4. The molecule has 0 saturated carbocycles. The Kier molecular flexibility index (Phi) is 6.39. The molecule has 2 aromatic heterocycles. The molecule has 0 unspecified atom stereocenters. The second-order valence-electron chi connectivity index (χ2n) is 8.82. The van der Waals surface area contributed by atoms with Crippen molar-refractivity contribution in [1.29, 1.82) is 0 Å². The largest absolute Gasteiger partial charge is 0.506 e. The lowest BCUT2D eigenvalue weighted by Crippen LogP contribution is -2.09. The highest BCUT2D eigenvalue weighted by Crippen LogP contribution is 2.33. The van der Waals surface area contributed by atoms with Crippen molar-refractivity contribution >= 4 is 17.2 Å². The highest BCUT2D eigenvalue weighted by molar-refractivity contribution is 5.78. The van der Waals surface area contributed by atoms with E-state index in [0.29, 0.717) is 22.9 Å². The molecule has 10 nitrogen and oxygen atoms in total. The van der Waals surface area contributed by atoms with Crippen molar-refractivity contribution < 1.29 is 10.0 Å². The van der Waals surface area contributed by atoms with Crippen molar-refractivity contribution in [3.63, 3.8) is 0 Å². The van der Waals surface area contributed by atoms with Crippen molar-refractivity contribution in [2.45, 2.75) is 0 Å². The Morgan fingerprint density at radius 2 is 1.32 bits per heavy atom. The number of non-ortho nitro benzene ring substituents is 1. The number of anilines is 2. The molecule has 0 spiro atoms. The number of rotatable bonds is 7. The first-order valence-corrected chi connectivity index (χ1v) is 12.3. The fraction of sp³-hybridized carbons (Fsp3) is 0. The molecule has 0 radical (unpaired) electrons. The molecule has 0 bridgehead atoms. The fourth-order valence-electron chi connectivity index (χ4n) is 4.28. The van der Waals surface area contributed by atoms with Gasteiger partial charge in [-0.05, 0) is 6.07 Å². The minimum atomic E-state index is -0.570. The number of aromatic nitrogens is 5. The lowest BCUT2D eigenvalue weighted by Gasteiger charge is -2.11. The van der Waals surface area contributed by atoms with Crippen LogP contribution in [0.15, 0.2) is 115 Å². The Balaban J connectivity index is 1.48. The summed E-state index contributed by atoms with van der Waals surface area (Å²) in [7, 11) is 0. The monoisotopic (exact) mass is 527 g/mol. The lowest BCUT2D eigenvalue weighted by atomic mass is 10.0. The number of aromatic hydroxyl groups is 1. The molecule has 6 rings (SSSR count). The lowest BCUT2D eigenvalue weighted by molar-refractivity contribution is -0.384. The van der Waals surface area contributed by atoms with Crippen LogP contribution in [0.4, 0.5) is 17.2 Å². The van der Waals surface area contributed by atoms with E-state index in [4.69, 9.17) is 4.98 Å². The van der Waals surface area contributed by atoms with Gasteiger partial charge < -0.3 is 10.4 Å². The van der Waals surface area contributed by atoms with Crippen LogP contribution >= 0.6 is 0 Å². The molecule has 0 aliphatic rings. The number of phenolic OH excluding ortho intramolecular Hbond substituents is 1. The molecule has 2 heterocycles. The molecule has 4 aromatic carbocycles. The smallest absolute Gasteiger partial charge is 0.273 e. The highest BCUT2D eigenvalue weighted by Gasteiger charge is 2.19. The summed E-state index contributed by atoms with van der Waals surface area (Å²) < 4.78 is 1.58. The van der Waals surface area contributed by atoms with Crippen molar-refractivity contribution in [2.24, 2.45) is 0 Å². The van der Waals surface area contributed by atoms with Crippen LogP contribution < -0.4 is 5.32 Å². The number of hydrogen-bond acceptors (Lipinski definition) is 8. The van der Waals surface area contributed by atoms with Gasteiger partial charge >= 0.3 is 0 Å². The molecule has 10 heteroatoms. The van der Waals surface area contributed by atoms with Crippen LogP contribution in [0, 0.1) is 10.1 Å². The van der Waals surface area contributed by atoms with E-state index in [2.05, 4.69) is 20.6 Å².